The Hall–Kier alpha value is -3.68. The molecule has 0 saturated carbocycles. The molecule has 3 rings (SSSR count). The van der Waals surface area contributed by atoms with Crippen LogP contribution in [0.3, 0.4) is 0 Å². The number of anilines is 3. The van der Waals surface area contributed by atoms with E-state index in [4.69, 9.17) is 5.73 Å². The predicted octanol–water partition coefficient (Wildman–Crippen LogP) is 3.50. The van der Waals surface area contributed by atoms with Gasteiger partial charge in [-0.2, -0.15) is 0 Å². The average molecular weight is 350 g/mol. The van der Waals surface area contributed by atoms with Crippen molar-refractivity contribution in [1.82, 2.24) is 4.57 Å². The number of urea groups is 1. The summed E-state index contributed by atoms with van der Waals surface area (Å²) < 4.78 is 3.80. The topological polar surface area (TPSA) is 101 Å². The fourth-order valence-corrected chi connectivity index (χ4v) is 2.38. The van der Waals surface area contributed by atoms with Crippen LogP contribution in [-0.4, -0.2) is 10.6 Å². The third-order valence-electron chi connectivity index (χ3n) is 3.71. The third-order valence-corrected chi connectivity index (χ3v) is 3.71. The van der Waals surface area contributed by atoms with E-state index in [0.29, 0.717) is 5.69 Å². The molecule has 26 heavy (non-hydrogen) atoms. The molecule has 0 aliphatic carbocycles. The van der Waals surface area contributed by atoms with Crippen molar-refractivity contribution in [1.29, 1.82) is 0 Å². The van der Waals surface area contributed by atoms with E-state index >= 15 is 0 Å². The number of imidazole rings is 1. The Balaban J connectivity index is 1.65. The highest BCUT2D eigenvalue weighted by molar-refractivity contribution is 5.88. The van der Waals surface area contributed by atoms with Crippen LogP contribution >= 0.6 is 0 Å². The largest absolute Gasteiger partial charge is 0.421 e. The monoisotopic (exact) mass is 350 g/mol. The molecule has 132 valence electrons. The van der Waals surface area contributed by atoms with Crippen LogP contribution in [0.1, 0.15) is 0 Å². The molecular formula is C18H20N7O+. The van der Waals surface area contributed by atoms with Crippen molar-refractivity contribution < 1.29 is 9.36 Å². The summed E-state index contributed by atoms with van der Waals surface area (Å²) in [5, 5.41) is 14.3. The van der Waals surface area contributed by atoms with Gasteiger partial charge in [0.25, 0.3) is 0 Å². The number of azo groups is 1. The normalized spacial score (nSPS) is 10.8. The maximum absolute atomic E-state index is 10.8. The number of carbonyl (C=O) groups excluding carboxylic acids is 1. The standard InChI is InChI=1S/C18H19N7O/c1-24-11-12-25(2)18(24)23-22-16-9-7-14(8-10-16)20-13-3-5-15(6-4-13)21-17(19)26/h3-12H,1-2H3,(H3,19,21,22,26)/p+1. The molecular weight excluding hydrogens is 330 g/mol. The second kappa shape index (κ2) is 7.47. The van der Waals surface area contributed by atoms with Gasteiger partial charge in [-0.25, -0.2) is 13.9 Å². The summed E-state index contributed by atoms with van der Waals surface area (Å²) in [6.45, 7) is 0. The van der Waals surface area contributed by atoms with Crippen molar-refractivity contribution in [2.24, 2.45) is 30.1 Å². The molecule has 8 heteroatoms. The smallest absolute Gasteiger partial charge is 0.356 e. The summed E-state index contributed by atoms with van der Waals surface area (Å²) in [5.41, 5.74) is 8.31. The number of benzene rings is 2. The summed E-state index contributed by atoms with van der Waals surface area (Å²) in [6, 6.07) is 14.3. The Morgan fingerprint density at radius 3 is 2.12 bits per heavy atom. The minimum Gasteiger partial charge on any atom is -0.356 e. The van der Waals surface area contributed by atoms with Crippen LogP contribution in [0.5, 0.6) is 0 Å². The van der Waals surface area contributed by atoms with E-state index in [2.05, 4.69) is 20.9 Å². The van der Waals surface area contributed by atoms with Crippen molar-refractivity contribution in [3.63, 3.8) is 0 Å². The summed E-state index contributed by atoms with van der Waals surface area (Å²) >= 11 is 0. The van der Waals surface area contributed by atoms with Crippen molar-refractivity contribution in [2.75, 3.05) is 10.6 Å². The lowest BCUT2D eigenvalue weighted by atomic mass is 10.2. The zero-order valence-corrected chi connectivity index (χ0v) is 14.5. The number of nitrogens with one attached hydrogen (secondary N) is 2. The molecule has 0 bridgehead atoms. The fourth-order valence-electron chi connectivity index (χ4n) is 2.38. The van der Waals surface area contributed by atoms with Gasteiger partial charge in [-0.05, 0) is 48.5 Å². The molecule has 0 unspecified atom stereocenters. The van der Waals surface area contributed by atoms with Crippen LogP contribution in [0.4, 0.5) is 33.5 Å². The van der Waals surface area contributed by atoms with Crippen LogP contribution in [0.2, 0.25) is 0 Å². The molecule has 2 aromatic carbocycles. The summed E-state index contributed by atoms with van der Waals surface area (Å²) in [5.74, 6) is 0.761. The molecule has 0 aliphatic heterocycles. The van der Waals surface area contributed by atoms with Crippen LogP contribution < -0.4 is 20.9 Å². The number of amides is 2. The number of nitrogens with zero attached hydrogens (tertiary/aromatic N) is 4. The number of carbonyl (C=O) groups is 1. The predicted molar refractivity (Wildman–Crippen MR) is 100 cm³/mol. The van der Waals surface area contributed by atoms with E-state index in [0.717, 1.165) is 23.0 Å². The second-order valence-corrected chi connectivity index (χ2v) is 5.76. The Morgan fingerprint density at radius 2 is 1.58 bits per heavy atom. The fraction of sp³-hybridized carbons (Fsp3) is 0.111. The molecule has 0 spiro atoms. The van der Waals surface area contributed by atoms with Gasteiger partial charge in [0.1, 0.15) is 5.69 Å². The zero-order valence-electron chi connectivity index (χ0n) is 14.5. The molecule has 8 nitrogen and oxygen atoms in total. The van der Waals surface area contributed by atoms with Gasteiger partial charge in [0.05, 0.1) is 26.5 Å². The number of primary amides is 1. The van der Waals surface area contributed by atoms with Gasteiger partial charge in [0.2, 0.25) is 0 Å². The molecule has 0 fully saturated rings. The first-order chi connectivity index (χ1) is 12.5. The first-order valence-corrected chi connectivity index (χ1v) is 7.97. The Bertz CT molecular complexity index is 908. The van der Waals surface area contributed by atoms with E-state index in [-0.39, 0.29) is 0 Å². The highest BCUT2D eigenvalue weighted by atomic mass is 16.2. The maximum atomic E-state index is 10.8. The van der Waals surface area contributed by atoms with E-state index in [1.165, 1.54) is 0 Å². The van der Waals surface area contributed by atoms with E-state index in [1.807, 2.05) is 72.0 Å². The minimum absolute atomic E-state index is 0.584. The zero-order chi connectivity index (χ0) is 18.5. The van der Waals surface area contributed by atoms with Crippen LogP contribution in [-0.2, 0) is 14.1 Å². The molecule has 1 aromatic heterocycles. The van der Waals surface area contributed by atoms with E-state index in [1.54, 1.807) is 12.1 Å². The maximum Gasteiger partial charge on any atom is 0.421 e. The SMILES string of the molecule is Cn1cc[n+](C)c1N=Nc1ccc(Nc2ccc(NC(N)=O)cc2)cc1. The molecule has 2 amide bonds. The Morgan fingerprint density at radius 1 is 1.00 bits per heavy atom. The molecule has 0 saturated heterocycles. The first-order valence-electron chi connectivity index (χ1n) is 7.97. The number of aryl methyl sites for hydroxylation is 2. The van der Waals surface area contributed by atoms with Crippen molar-refractivity contribution >= 4 is 34.7 Å². The molecule has 0 radical (unpaired) electrons. The van der Waals surface area contributed by atoms with Crippen molar-refractivity contribution in [3.8, 4) is 0 Å². The summed E-state index contributed by atoms with van der Waals surface area (Å²) in [6.07, 6.45) is 3.84. The highest BCUT2D eigenvalue weighted by Gasteiger charge is 2.10. The Kier molecular flexibility index (Phi) is 4.93. The van der Waals surface area contributed by atoms with Gasteiger partial charge in [0.15, 0.2) is 0 Å². The average Bonchev–Trinajstić information content (AvgIpc) is 2.94. The lowest BCUT2D eigenvalue weighted by Gasteiger charge is -2.07. The quantitative estimate of drug-likeness (QED) is 0.484. The lowest BCUT2D eigenvalue weighted by molar-refractivity contribution is -0.657. The third kappa shape index (κ3) is 4.23. The highest BCUT2D eigenvalue weighted by Crippen LogP contribution is 2.22. The Labute approximate surface area is 151 Å². The van der Waals surface area contributed by atoms with Gasteiger partial charge in [-0.3, -0.25) is 0 Å². The molecule has 1 heterocycles. The van der Waals surface area contributed by atoms with Gasteiger partial charge in [-0.15, -0.1) is 0 Å². The van der Waals surface area contributed by atoms with E-state index < -0.39 is 6.03 Å². The second-order valence-electron chi connectivity index (χ2n) is 5.76. The molecule has 3 aromatic rings. The molecule has 0 aliphatic rings. The van der Waals surface area contributed by atoms with Gasteiger partial charge in [0, 0.05) is 22.2 Å². The van der Waals surface area contributed by atoms with Gasteiger partial charge >= 0.3 is 12.0 Å². The summed E-state index contributed by atoms with van der Waals surface area (Å²) in [7, 11) is 3.84. The summed E-state index contributed by atoms with van der Waals surface area (Å²) in [4.78, 5) is 10.8. The number of nitrogens with two attached hydrogens (primary N) is 1. The lowest BCUT2D eigenvalue weighted by Crippen LogP contribution is -2.25. The molecule has 0 atom stereocenters. The first kappa shape index (κ1) is 17.2. The molecule has 4 N–H and O–H groups in total. The number of hydrogen-bond acceptors (Lipinski definition) is 4. The van der Waals surface area contributed by atoms with Crippen LogP contribution in [0.15, 0.2) is 71.2 Å². The van der Waals surface area contributed by atoms with E-state index in [9.17, 15) is 4.79 Å². The minimum atomic E-state index is -0.584. The van der Waals surface area contributed by atoms with Gasteiger partial charge in [-0.1, -0.05) is 5.11 Å². The van der Waals surface area contributed by atoms with Gasteiger partial charge < -0.3 is 16.4 Å². The van der Waals surface area contributed by atoms with Crippen LogP contribution in [0.25, 0.3) is 0 Å². The van der Waals surface area contributed by atoms with Crippen molar-refractivity contribution in [3.05, 3.63) is 60.9 Å². The van der Waals surface area contributed by atoms with Crippen LogP contribution in [0, 0.1) is 0 Å². The van der Waals surface area contributed by atoms with Crippen molar-refractivity contribution in [2.45, 2.75) is 0 Å². The number of rotatable bonds is 5. The number of aromatic nitrogens is 2. The number of hydrogen-bond donors (Lipinski definition) is 3.